The maximum absolute atomic E-state index is 5.49. The zero-order valence-corrected chi connectivity index (χ0v) is 10.2. The standard InChI is InChI=1S/C8H13O2.BrH.Mg/c1-2-4-8(5-3-1)6-7-9-10-8;;/h7H,1-6H2;1H;/q;;+1/p-1. The van der Waals surface area contributed by atoms with Gasteiger partial charge in [0, 0.05) is 4.23 Å². The molecular weight excluding hydrogens is 232 g/mol. The van der Waals surface area contributed by atoms with Gasteiger partial charge in [-0.25, -0.2) is 4.89 Å². The van der Waals surface area contributed by atoms with Crippen molar-refractivity contribution in [1.29, 1.82) is 0 Å². The molecule has 0 bridgehead atoms. The summed E-state index contributed by atoms with van der Waals surface area (Å²) in [5, 5.41) is 0. The van der Waals surface area contributed by atoms with Crippen LogP contribution in [0.25, 0.3) is 0 Å². The highest BCUT2D eigenvalue weighted by Gasteiger charge is 2.42. The molecule has 1 heterocycles. The second-order valence-electron chi connectivity index (χ2n) is 3.90. The van der Waals surface area contributed by atoms with Gasteiger partial charge in [0.1, 0.15) is 5.60 Å². The maximum atomic E-state index is 5.49. The van der Waals surface area contributed by atoms with Crippen LogP contribution in [0.3, 0.4) is 0 Å². The van der Waals surface area contributed by atoms with Crippen molar-refractivity contribution in [3.63, 3.8) is 0 Å². The molecule has 2 fully saturated rings. The lowest BCUT2D eigenvalue weighted by Gasteiger charge is -2.29. The highest BCUT2D eigenvalue weighted by molar-refractivity contribution is 9.23. The zero-order chi connectivity index (χ0) is 8.44. The lowest BCUT2D eigenvalue weighted by atomic mass is 9.83. The van der Waals surface area contributed by atoms with Crippen molar-refractivity contribution >= 4 is 31.1 Å². The van der Waals surface area contributed by atoms with Crippen molar-refractivity contribution in [1.82, 2.24) is 0 Å². The number of rotatable bonds is 1. The van der Waals surface area contributed by atoms with Gasteiger partial charge in [-0.15, -0.1) is 0 Å². The van der Waals surface area contributed by atoms with E-state index < -0.39 is 0 Å². The first-order chi connectivity index (χ1) is 5.85. The minimum Gasteiger partial charge on any atom is -0.302 e. The van der Waals surface area contributed by atoms with Crippen LogP contribution in [0, 0.1) is 0 Å². The van der Waals surface area contributed by atoms with E-state index >= 15 is 0 Å². The minimum atomic E-state index is -0.215. The SMILES string of the molecule is [Br][Mg][CH]1CC2(CCCCC2)OO1. The van der Waals surface area contributed by atoms with Crippen LogP contribution in [0.15, 0.2) is 0 Å². The fourth-order valence-electron chi connectivity index (χ4n) is 2.22. The van der Waals surface area contributed by atoms with Crippen molar-refractivity contribution < 1.29 is 9.78 Å². The lowest BCUT2D eigenvalue weighted by molar-refractivity contribution is -0.321. The van der Waals surface area contributed by atoms with E-state index in [4.69, 9.17) is 9.78 Å². The molecule has 1 saturated carbocycles. The highest BCUT2D eigenvalue weighted by atomic mass is 79.9. The summed E-state index contributed by atoms with van der Waals surface area (Å²) in [5.74, 6) is 0. The van der Waals surface area contributed by atoms with Crippen molar-refractivity contribution in [3.8, 4) is 0 Å². The topological polar surface area (TPSA) is 18.5 Å². The van der Waals surface area contributed by atoms with Gasteiger partial charge < -0.3 is 12.9 Å². The Morgan fingerprint density at radius 1 is 1.25 bits per heavy atom. The van der Waals surface area contributed by atoms with Crippen LogP contribution < -0.4 is 0 Å². The molecule has 1 aliphatic heterocycles. The molecule has 0 aromatic heterocycles. The summed E-state index contributed by atoms with van der Waals surface area (Å²) in [6, 6.07) is 0. The van der Waals surface area contributed by atoms with E-state index in [2.05, 4.69) is 12.9 Å². The molecule has 1 spiro atoms. The molecule has 0 aromatic rings. The molecule has 4 heteroatoms. The fourth-order valence-corrected chi connectivity index (χ4v) is 3.98. The monoisotopic (exact) mass is 244 g/mol. The summed E-state index contributed by atoms with van der Waals surface area (Å²) in [6.07, 6.45) is 7.58. The van der Waals surface area contributed by atoms with Gasteiger partial charge in [-0.3, -0.25) is 4.89 Å². The third kappa shape index (κ3) is 1.98. The first kappa shape index (κ1) is 9.71. The van der Waals surface area contributed by atoms with Crippen LogP contribution in [0.5, 0.6) is 0 Å². The number of hydrogen-bond donors (Lipinski definition) is 0. The molecule has 1 atom stereocenters. The van der Waals surface area contributed by atoms with Crippen molar-refractivity contribution in [3.05, 3.63) is 0 Å². The molecule has 1 aliphatic carbocycles. The van der Waals surface area contributed by atoms with Gasteiger partial charge >= 0.3 is 18.2 Å². The van der Waals surface area contributed by atoms with Gasteiger partial charge in [0.25, 0.3) is 0 Å². The Morgan fingerprint density at radius 2 is 2.00 bits per heavy atom. The molecule has 0 radical (unpaired) electrons. The van der Waals surface area contributed by atoms with E-state index in [1.54, 1.807) is 0 Å². The third-order valence-corrected chi connectivity index (χ3v) is 5.83. The summed E-state index contributed by atoms with van der Waals surface area (Å²) in [5.41, 5.74) is 0.129. The molecule has 1 saturated heterocycles. The summed E-state index contributed by atoms with van der Waals surface area (Å²) in [7, 11) is 0. The predicted molar refractivity (Wildman–Crippen MR) is 51.1 cm³/mol. The second-order valence-corrected chi connectivity index (χ2v) is 7.07. The highest BCUT2D eigenvalue weighted by Crippen LogP contribution is 2.40. The number of halogens is 1. The van der Waals surface area contributed by atoms with Crippen LogP contribution in [0.4, 0.5) is 0 Å². The van der Waals surface area contributed by atoms with Crippen LogP contribution in [-0.4, -0.2) is 28.0 Å². The normalized spacial score (nSPS) is 33.6. The summed E-state index contributed by atoms with van der Waals surface area (Å²) < 4.78 is 0.420. The van der Waals surface area contributed by atoms with Crippen molar-refractivity contribution in [2.75, 3.05) is 0 Å². The van der Waals surface area contributed by atoms with E-state index in [0.29, 0.717) is 4.23 Å². The Balaban J connectivity index is 1.94. The molecule has 2 aliphatic rings. The smallest absolute Gasteiger partial charge is 0.302 e. The summed E-state index contributed by atoms with van der Waals surface area (Å²) >= 11 is 3.34. The molecule has 12 heavy (non-hydrogen) atoms. The van der Waals surface area contributed by atoms with Gasteiger partial charge in [0.05, 0.1) is 0 Å². The molecule has 1 unspecified atom stereocenters. The Labute approximate surface area is 88.9 Å². The maximum Gasteiger partial charge on any atom is 0.514 e. The van der Waals surface area contributed by atoms with Crippen LogP contribution in [0.1, 0.15) is 38.5 Å². The Hall–Kier alpha value is 1.17. The average molecular weight is 245 g/mol. The van der Waals surface area contributed by atoms with Gasteiger partial charge in [0.2, 0.25) is 0 Å². The summed E-state index contributed by atoms with van der Waals surface area (Å²) in [6.45, 7) is 0. The Morgan fingerprint density at radius 3 is 2.58 bits per heavy atom. The van der Waals surface area contributed by atoms with Gasteiger partial charge in [-0.05, 0) is 19.3 Å². The van der Waals surface area contributed by atoms with E-state index in [0.717, 1.165) is 6.42 Å². The lowest BCUT2D eigenvalue weighted by Crippen LogP contribution is -2.31. The Kier molecular flexibility index (Phi) is 3.34. The third-order valence-electron chi connectivity index (χ3n) is 2.90. The summed E-state index contributed by atoms with van der Waals surface area (Å²) in [4.78, 5) is 10.8. The molecule has 0 amide bonds. The molecule has 2 nitrogen and oxygen atoms in total. The predicted octanol–water partition coefficient (Wildman–Crippen LogP) is 2.38. The fraction of sp³-hybridized carbons (Fsp3) is 1.00. The van der Waals surface area contributed by atoms with Crippen LogP contribution in [-0.2, 0) is 9.78 Å². The molecule has 2 rings (SSSR count). The van der Waals surface area contributed by atoms with Gasteiger partial charge in [-0.1, -0.05) is 19.3 Å². The van der Waals surface area contributed by atoms with Crippen molar-refractivity contribution in [2.24, 2.45) is 0 Å². The van der Waals surface area contributed by atoms with Crippen LogP contribution in [0.2, 0.25) is 0 Å². The molecule has 66 valence electrons. The molecular formula is C8H13BrMgO2. The van der Waals surface area contributed by atoms with Gasteiger partial charge in [0.15, 0.2) is 0 Å². The first-order valence-electron chi connectivity index (χ1n) is 4.75. The van der Waals surface area contributed by atoms with Crippen molar-refractivity contribution in [2.45, 2.75) is 48.4 Å². The van der Waals surface area contributed by atoms with Gasteiger partial charge in [-0.2, -0.15) is 0 Å². The van der Waals surface area contributed by atoms with E-state index in [-0.39, 0.29) is 23.8 Å². The zero-order valence-electron chi connectivity index (χ0n) is 7.22. The largest absolute Gasteiger partial charge is 0.514 e. The quantitative estimate of drug-likeness (QED) is 0.521. The number of hydrogen-bond acceptors (Lipinski definition) is 2. The van der Waals surface area contributed by atoms with E-state index in [1.165, 1.54) is 32.1 Å². The van der Waals surface area contributed by atoms with Crippen LogP contribution >= 0.6 is 12.9 Å². The second kappa shape index (κ2) is 4.13. The molecule has 0 aromatic carbocycles. The Bertz CT molecular complexity index is 159. The minimum absolute atomic E-state index is 0.129. The van der Waals surface area contributed by atoms with E-state index in [1.807, 2.05) is 0 Å². The van der Waals surface area contributed by atoms with E-state index in [9.17, 15) is 0 Å². The average Bonchev–Trinajstić information content (AvgIpc) is 2.50. The first-order valence-corrected chi connectivity index (χ1v) is 9.47. The molecule has 0 N–H and O–H groups in total.